The number of pyridine rings is 1. The highest BCUT2D eigenvalue weighted by molar-refractivity contribution is 7.91. The van der Waals surface area contributed by atoms with Gasteiger partial charge in [0.1, 0.15) is 13.2 Å². The highest BCUT2D eigenvalue weighted by Crippen LogP contribution is 2.41. The zero-order valence-corrected chi connectivity index (χ0v) is 19.8. The quantitative estimate of drug-likeness (QED) is 0.515. The number of nitrogens with one attached hydrogen (secondary N) is 1. The minimum absolute atomic E-state index is 0.160. The molecule has 3 heterocycles. The van der Waals surface area contributed by atoms with Crippen LogP contribution in [0.15, 0.2) is 58.5 Å². The number of benzene rings is 2. The molecule has 34 heavy (non-hydrogen) atoms. The summed E-state index contributed by atoms with van der Waals surface area (Å²) in [6.45, 7) is 3.99. The van der Waals surface area contributed by atoms with Crippen LogP contribution in [0, 0.1) is 5.92 Å². The third-order valence-corrected chi connectivity index (χ3v) is 8.01. The number of carbonyl (C=O) groups excluding carboxylic acids is 1. The molecule has 0 radical (unpaired) electrons. The number of piperidine rings is 1. The fraction of sp³-hybridized carbons (Fsp3) is 0.360. The van der Waals surface area contributed by atoms with Gasteiger partial charge >= 0.3 is 5.97 Å². The largest absolute Gasteiger partial charge is 0.486 e. The van der Waals surface area contributed by atoms with E-state index >= 15 is 0 Å². The summed E-state index contributed by atoms with van der Waals surface area (Å²) in [5.74, 6) is 0.613. The SMILES string of the molecule is CCOC(=O)[C@H]1CCCN(c2c(S(=O)(=O)c3ccccc3)c[nH+]c3cc4c(cc23)OCCO4)C1. The molecule has 1 aromatic heterocycles. The molecule has 9 heteroatoms. The van der Waals surface area contributed by atoms with E-state index < -0.39 is 9.84 Å². The van der Waals surface area contributed by atoms with Gasteiger partial charge in [0.2, 0.25) is 15.4 Å². The van der Waals surface area contributed by atoms with E-state index in [2.05, 4.69) is 4.98 Å². The summed E-state index contributed by atoms with van der Waals surface area (Å²) in [6, 6.07) is 12.0. The van der Waals surface area contributed by atoms with Crippen molar-refractivity contribution < 1.29 is 32.4 Å². The number of aromatic nitrogens is 1. The fourth-order valence-corrected chi connectivity index (χ4v) is 6.12. The Balaban J connectivity index is 1.69. The van der Waals surface area contributed by atoms with Crippen LogP contribution in [0.4, 0.5) is 5.69 Å². The molecule has 3 aromatic rings. The van der Waals surface area contributed by atoms with Gasteiger partial charge in [-0.25, -0.2) is 13.4 Å². The van der Waals surface area contributed by atoms with Crippen LogP contribution in [0.2, 0.25) is 0 Å². The normalized spacial score (nSPS) is 18.0. The van der Waals surface area contributed by atoms with Gasteiger partial charge in [0.05, 0.1) is 34.6 Å². The molecule has 1 N–H and O–H groups in total. The van der Waals surface area contributed by atoms with E-state index in [1.54, 1.807) is 37.3 Å². The summed E-state index contributed by atoms with van der Waals surface area (Å²) in [6.07, 6.45) is 2.99. The van der Waals surface area contributed by atoms with Crippen molar-refractivity contribution in [2.75, 3.05) is 37.8 Å². The lowest BCUT2D eigenvalue weighted by Crippen LogP contribution is -2.40. The summed E-state index contributed by atoms with van der Waals surface area (Å²) < 4.78 is 44.3. The second-order valence-electron chi connectivity index (χ2n) is 8.40. The van der Waals surface area contributed by atoms with Gasteiger partial charge in [-0.1, -0.05) is 18.2 Å². The van der Waals surface area contributed by atoms with Crippen LogP contribution in [0.5, 0.6) is 11.5 Å². The van der Waals surface area contributed by atoms with Crippen LogP contribution in [0.25, 0.3) is 10.9 Å². The molecular formula is C25H27N2O6S+. The Morgan fingerprint density at radius 3 is 2.62 bits per heavy atom. The Kier molecular flexibility index (Phi) is 6.03. The highest BCUT2D eigenvalue weighted by Gasteiger charge is 2.34. The van der Waals surface area contributed by atoms with Crippen molar-refractivity contribution in [3.63, 3.8) is 0 Å². The average molecular weight is 484 g/mol. The Hall–Kier alpha value is -3.33. The maximum Gasteiger partial charge on any atom is 0.310 e. The molecule has 1 fully saturated rings. The first-order valence-electron chi connectivity index (χ1n) is 11.5. The van der Waals surface area contributed by atoms with Gasteiger partial charge in [-0.15, -0.1) is 0 Å². The van der Waals surface area contributed by atoms with Gasteiger partial charge < -0.3 is 19.1 Å². The minimum atomic E-state index is -3.84. The number of esters is 1. The molecule has 0 aliphatic carbocycles. The number of carbonyl (C=O) groups is 1. The van der Waals surface area contributed by atoms with Gasteiger partial charge in [-0.05, 0) is 31.9 Å². The van der Waals surface area contributed by atoms with Gasteiger partial charge in [0.15, 0.2) is 22.6 Å². The van der Waals surface area contributed by atoms with E-state index in [4.69, 9.17) is 14.2 Å². The molecular weight excluding hydrogens is 456 g/mol. The van der Waals surface area contributed by atoms with E-state index in [0.29, 0.717) is 61.9 Å². The highest BCUT2D eigenvalue weighted by atomic mass is 32.2. The molecule has 178 valence electrons. The summed E-state index contributed by atoms with van der Waals surface area (Å²) in [5, 5.41) is 0.700. The van der Waals surface area contributed by atoms with Crippen molar-refractivity contribution in [2.24, 2.45) is 5.92 Å². The molecule has 0 saturated carbocycles. The smallest absolute Gasteiger partial charge is 0.310 e. The number of aromatic amines is 1. The van der Waals surface area contributed by atoms with Crippen LogP contribution in [0.3, 0.4) is 0 Å². The van der Waals surface area contributed by atoms with Crippen LogP contribution in [0.1, 0.15) is 19.8 Å². The number of hydrogen-bond donors (Lipinski definition) is 0. The number of sulfone groups is 1. The lowest BCUT2D eigenvalue weighted by Gasteiger charge is -2.34. The third kappa shape index (κ3) is 4.04. The monoisotopic (exact) mass is 483 g/mol. The topological polar surface area (TPSA) is 96.3 Å². The lowest BCUT2D eigenvalue weighted by molar-refractivity contribution is -0.347. The molecule has 0 unspecified atom stereocenters. The molecule has 8 nitrogen and oxygen atoms in total. The molecule has 5 rings (SSSR count). The van der Waals surface area contributed by atoms with Crippen molar-refractivity contribution in [3.05, 3.63) is 48.7 Å². The fourth-order valence-electron chi connectivity index (χ4n) is 4.64. The van der Waals surface area contributed by atoms with Gasteiger partial charge in [0.25, 0.3) is 0 Å². The summed E-state index contributed by atoms with van der Waals surface area (Å²) >= 11 is 0. The molecule has 0 bridgehead atoms. The molecule has 2 aliphatic heterocycles. The van der Waals surface area contributed by atoms with Crippen LogP contribution >= 0.6 is 0 Å². The summed E-state index contributed by atoms with van der Waals surface area (Å²) in [5.41, 5.74) is 1.29. The van der Waals surface area contributed by atoms with Crippen LogP contribution < -0.4 is 19.4 Å². The Morgan fingerprint density at radius 2 is 1.88 bits per heavy atom. The number of fused-ring (bicyclic) bond motifs is 2. The minimum Gasteiger partial charge on any atom is -0.486 e. The van der Waals surface area contributed by atoms with E-state index in [0.717, 1.165) is 11.9 Å². The van der Waals surface area contributed by atoms with E-state index in [9.17, 15) is 13.2 Å². The average Bonchev–Trinajstić information content (AvgIpc) is 2.87. The second-order valence-corrected chi connectivity index (χ2v) is 10.3. The second kappa shape index (κ2) is 9.13. The molecule has 0 amide bonds. The molecule has 1 atom stereocenters. The zero-order valence-electron chi connectivity index (χ0n) is 19.0. The lowest BCUT2D eigenvalue weighted by atomic mass is 9.97. The number of anilines is 1. The van der Waals surface area contributed by atoms with Crippen LogP contribution in [-0.4, -0.2) is 47.3 Å². The molecule has 0 spiro atoms. The maximum absolute atomic E-state index is 13.8. The standard InChI is InChI=1S/C25H26N2O6S/c1-2-31-25(28)17-7-6-10-27(16-17)24-19-13-21-22(33-12-11-32-21)14-20(19)26-15-23(24)34(29,30)18-8-4-3-5-9-18/h3-5,8-9,13-15,17H,2,6-7,10-12,16H2,1H3/p+1/t17-/m0/s1. The van der Waals surface area contributed by atoms with Gasteiger partial charge in [-0.2, -0.15) is 0 Å². The number of rotatable bonds is 5. The van der Waals surface area contributed by atoms with Gasteiger partial charge in [0, 0.05) is 19.2 Å². The predicted octanol–water partition coefficient (Wildman–Crippen LogP) is 3.04. The van der Waals surface area contributed by atoms with Gasteiger partial charge in [-0.3, -0.25) is 4.79 Å². The van der Waals surface area contributed by atoms with Crippen molar-refractivity contribution >= 4 is 32.4 Å². The summed E-state index contributed by atoms with van der Waals surface area (Å²) in [4.78, 5) is 18.0. The van der Waals surface area contributed by atoms with Crippen LogP contribution in [-0.2, 0) is 19.4 Å². The molecule has 2 aromatic carbocycles. The molecule has 2 aliphatic rings. The van der Waals surface area contributed by atoms with E-state index in [-0.39, 0.29) is 21.7 Å². The third-order valence-electron chi connectivity index (χ3n) is 6.23. The number of ether oxygens (including phenoxy) is 3. The Morgan fingerprint density at radius 1 is 1.15 bits per heavy atom. The first-order chi connectivity index (χ1) is 16.5. The Bertz CT molecular complexity index is 1330. The number of H-pyrrole nitrogens is 1. The first kappa shape index (κ1) is 22.5. The van der Waals surface area contributed by atoms with Crippen molar-refractivity contribution in [2.45, 2.75) is 29.6 Å². The number of nitrogens with zero attached hydrogens (tertiary/aromatic N) is 1. The first-order valence-corrected chi connectivity index (χ1v) is 13.0. The van der Waals surface area contributed by atoms with Crippen molar-refractivity contribution in [3.8, 4) is 11.5 Å². The maximum atomic E-state index is 13.8. The van der Waals surface area contributed by atoms with Crippen molar-refractivity contribution in [1.82, 2.24) is 0 Å². The summed E-state index contributed by atoms with van der Waals surface area (Å²) in [7, 11) is -3.84. The molecule has 1 saturated heterocycles. The zero-order chi connectivity index (χ0) is 23.7. The number of hydrogen-bond acceptors (Lipinski definition) is 7. The van der Waals surface area contributed by atoms with Crippen molar-refractivity contribution in [1.29, 1.82) is 0 Å². The Labute approximate surface area is 198 Å². The van der Waals surface area contributed by atoms with E-state index in [1.807, 2.05) is 17.0 Å². The van der Waals surface area contributed by atoms with E-state index in [1.165, 1.54) is 6.20 Å². The predicted molar refractivity (Wildman–Crippen MR) is 125 cm³/mol.